The van der Waals surface area contributed by atoms with E-state index in [1.165, 1.54) is 0 Å². The molecule has 3 aliphatic heterocycles. The van der Waals surface area contributed by atoms with Crippen molar-refractivity contribution in [1.82, 2.24) is 0 Å². The van der Waals surface area contributed by atoms with E-state index in [0.29, 0.717) is 34.4 Å². The highest BCUT2D eigenvalue weighted by molar-refractivity contribution is 5.85. The van der Waals surface area contributed by atoms with Crippen molar-refractivity contribution in [3.8, 4) is 23.0 Å². The highest BCUT2D eigenvalue weighted by Gasteiger charge is 2.47. The van der Waals surface area contributed by atoms with Crippen LogP contribution in [0.5, 0.6) is 23.0 Å². The molecule has 0 atom stereocenters. The molecule has 252 valence electrons. The van der Waals surface area contributed by atoms with Gasteiger partial charge in [-0.1, -0.05) is 121 Å². The molecule has 52 heavy (non-hydrogen) atoms. The molecule has 0 spiro atoms. The lowest BCUT2D eigenvalue weighted by Crippen LogP contribution is -2.36. The molecule has 9 rings (SSSR count). The topological polar surface area (TPSA) is 85.7 Å². The van der Waals surface area contributed by atoms with Gasteiger partial charge in [0.25, 0.3) is 0 Å². The molecule has 0 amide bonds. The monoisotopic (exact) mass is 680 g/mol. The van der Waals surface area contributed by atoms with Gasteiger partial charge in [-0.2, -0.15) is 0 Å². The molecular formula is C44H32N4O4. The molecule has 3 aliphatic rings. The molecule has 0 saturated heterocycles. The fraction of sp³-hybridized carbons (Fsp3) is 0.0455. The minimum absolute atomic E-state index is 0.575. The number of ether oxygens (including phenoxy) is 4. The quantitative estimate of drug-likeness (QED) is 0.193. The van der Waals surface area contributed by atoms with Crippen LogP contribution in [0.4, 0.5) is 22.7 Å². The normalized spacial score (nSPS) is 17.1. The average molecular weight is 681 g/mol. The van der Waals surface area contributed by atoms with Gasteiger partial charge >= 0.3 is 11.6 Å². The number of aliphatic imine (C=N–C) groups is 2. The Kier molecular flexibility index (Phi) is 7.74. The molecule has 0 aromatic heterocycles. The van der Waals surface area contributed by atoms with Gasteiger partial charge in [0.2, 0.25) is 0 Å². The van der Waals surface area contributed by atoms with Crippen LogP contribution in [-0.2, 0) is 11.6 Å². The van der Waals surface area contributed by atoms with Crippen molar-refractivity contribution in [3.05, 3.63) is 192 Å². The van der Waals surface area contributed by atoms with Gasteiger partial charge in [-0.3, -0.25) is 9.98 Å². The van der Waals surface area contributed by atoms with E-state index in [2.05, 4.69) is 10.6 Å². The summed E-state index contributed by atoms with van der Waals surface area (Å²) in [5, 5.41) is 6.77. The largest absolute Gasteiger partial charge is 0.440 e. The first kappa shape index (κ1) is 31.0. The molecule has 0 saturated carbocycles. The van der Waals surface area contributed by atoms with Gasteiger partial charge in [0.15, 0.2) is 23.0 Å². The molecule has 6 aromatic rings. The Labute approximate surface area is 301 Å². The van der Waals surface area contributed by atoms with E-state index in [4.69, 9.17) is 28.9 Å². The van der Waals surface area contributed by atoms with E-state index < -0.39 is 11.6 Å². The second-order valence-electron chi connectivity index (χ2n) is 12.3. The van der Waals surface area contributed by atoms with Gasteiger partial charge in [-0.05, 0) is 12.2 Å². The zero-order valence-corrected chi connectivity index (χ0v) is 27.8. The van der Waals surface area contributed by atoms with Gasteiger partial charge in [0.1, 0.15) is 0 Å². The SMILES string of the molecule is C1=Nc2cc3c(cc2N=C/C=C\Nc2cc4c(cc2N/C=C\1)OC(c1ccccc1)(c1ccccc1)O4)OC(c1ccccc1)(c1ccccc1)O3. The maximum Gasteiger partial charge on any atom is 0.305 e. The third-order valence-corrected chi connectivity index (χ3v) is 9.02. The molecular weight excluding hydrogens is 649 g/mol. The van der Waals surface area contributed by atoms with Crippen molar-refractivity contribution in [1.29, 1.82) is 0 Å². The van der Waals surface area contributed by atoms with E-state index in [9.17, 15) is 0 Å². The zero-order chi connectivity index (χ0) is 34.8. The minimum atomic E-state index is -1.15. The highest BCUT2D eigenvalue weighted by atomic mass is 16.7. The van der Waals surface area contributed by atoms with E-state index in [-0.39, 0.29) is 0 Å². The van der Waals surface area contributed by atoms with Crippen molar-refractivity contribution < 1.29 is 18.9 Å². The highest BCUT2D eigenvalue weighted by Crippen LogP contribution is 2.52. The van der Waals surface area contributed by atoms with Crippen molar-refractivity contribution in [2.24, 2.45) is 9.98 Å². The predicted octanol–water partition coefficient (Wildman–Crippen LogP) is 10.0. The van der Waals surface area contributed by atoms with Crippen LogP contribution in [0.3, 0.4) is 0 Å². The summed E-state index contributed by atoms with van der Waals surface area (Å²) in [7, 11) is 0. The molecule has 0 radical (unpaired) electrons. The number of allylic oxidation sites excluding steroid dienone is 2. The molecule has 8 nitrogen and oxygen atoms in total. The summed E-state index contributed by atoms with van der Waals surface area (Å²) in [6.45, 7) is 0. The number of nitrogens with one attached hydrogen (secondary N) is 2. The maximum absolute atomic E-state index is 6.69. The number of hydrogen-bond acceptors (Lipinski definition) is 8. The smallest absolute Gasteiger partial charge is 0.305 e. The Balaban J connectivity index is 1.03. The second-order valence-corrected chi connectivity index (χ2v) is 12.3. The number of fused-ring (bicyclic) bond motifs is 4. The van der Waals surface area contributed by atoms with Gasteiger partial charge in [0, 0.05) is 71.3 Å². The van der Waals surface area contributed by atoms with Gasteiger partial charge in [-0.15, -0.1) is 0 Å². The van der Waals surface area contributed by atoms with E-state index in [0.717, 1.165) is 33.6 Å². The molecule has 0 aliphatic carbocycles. The third kappa shape index (κ3) is 5.52. The standard InChI is InChI=1S/C44H32N4O4/c1-5-15-31(16-6-1)43(32-17-7-2-8-18-32)49-39-27-35-36(28-40(39)50-43)46-24-14-26-48-38-30-42-41(29-37(38)47-25-13-23-45-35)51-44(52-42,33-19-9-3-10-20-33)34-21-11-4-12-22-34/h1-30,45-46H/b23-13-,24-14-,47-25?,48-26?. The predicted molar refractivity (Wildman–Crippen MR) is 205 cm³/mol. The minimum Gasteiger partial charge on any atom is -0.440 e. The number of anilines is 2. The fourth-order valence-corrected chi connectivity index (χ4v) is 6.57. The summed E-state index contributed by atoms with van der Waals surface area (Å²) < 4.78 is 26.7. The van der Waals surface area contributed by atoms with E-state index >= 15 is 0 Å². The number of hydrogen-bond donors (Lipinski definition) is 2. The average Bonchev–Trinajstić information content (AvgIpc) is 3.78. The molecule has 8 heteroatoms. The second kappa shape index (κ2) is 13.0. The Morgan fingerprint density at radius 2 is 0.692 bits per heavy atom. The summed E-state index contributed by atoms with van der Waals surface area (Å²) in [4.78, 5) is 9.52. The maximum atomic E-state index is 6.69. The number of nitrogens with zero attached hydrogens (tertiary/aromatic N) is 2. The van der Waals surface area contributed by atoms with Crippen LogP contribution in [0.1, 0.15) is 22.3 Å². The Hall–Kier alpha value is -7.06. The summed E-state index contributed by atoms with van der Waals surface area (Å²) in [5.74, 6) is 0.0917. The van der Waals surface area contributed by atoms with Crippen LogP contribution in [0, 0.1) is 0 Å². The van der Waals surface area contributed by atoms with E-state index in [1.807, 2.05) is 170 Å². The summed E-state index contributed by atoms with van der Waals surface area (Å²) >= 11 is 0. The van der Waals surface area contributed by atoms with Crippen LogP contribution in [-0.4, -0.2) is 12.4 Å². The molecule has 2 N–H and O–H groups in total. The Morgan fingerprint density at radius 1 is 0.385 bits per heavy atom. The first-order chi connectivity index (χ1) is 25.7. The molecule has 3 heterocycles. The van der Waals surface area contributed by atoms with Gasteiger partial charge in [-0.25, -0.2) is 0 Å². The number of rotatable bonds is 4. The Bertz CT molecular complexity index is 2190. The van der Waals surface area contributed by atoms with Crippen LogP contribution in [0.25, 0.3) is 0 Å². The van der Waals surface area contributed by atoms with Crippen LogP contribution < -0.4 is 29.6 Å². The third-order valence-electron chi connectivity index (χ3n) is 9.02. The van der Waals surface area contributed by atoms with Crippen molar-refractivity contribution in [3.63, 3.8) is 0 Å². The molecule has 6 aromatic carbocycles. The molecule has 0 unspecified atom stereocenters. The summed E-state index contributed by atoms with van der Waals surface area (Å²) in [5.41, 5.74) is 6.34. The van der Waals surface area contributed by atoms with Crippen molar-refractivity contribution in [2.75, 3.05) is 10.6 Å². The zero-order valence-electron chi connectivity index (χ0n) is 27.8. The first-order valence-electron chi connectivity index (χ1n) is 17.0. The van der Waals surface area contributed by atoms with E-state index in [1.54, 1.807) is 12.4 Å². The van der Waals surface area contributed by atoms with Crippen molar-refractivity contribution >= 4 is 35.2 Å². The van der Waals surface area contributed by atoms with Gasteiger partial charge in [0.05, 0.1) is 22.7 Å². The van der Waals surface area contributed by atoms with Crippen LogP contribution in [0.2, 0.25) is 0 Å². The van der Waals surface area contributed by atoms with Crippen molar-refractivity contribution in [2.45, 2.75) is 11.6 Å². The number of benzene rings is 6. The lowest BCUT2D eigenvalue weighted by molar-refractivity contribution is -0.0461. The lowest BCUT2D eigenvalue weighted by Gasteiger charge is -2.28. The van der Waals surface area contributed by atoms with Gasteiger partial charge < -0.3 is 29.6 Å². The molecule has 0 fully saturated rings. The molecule has 0 bridgehead atoms. The summed E-state index contributed by atoms with van der Waals surface area (Å²) in [6.07, 6.45) is 10.7. The van der Waals surface area contributed by atoms with Crippen LogP contribution in [0.15, 0.2) is 180 Å². The summed E-state index contributed by atoms with van der Waals surface area (Å²) in [6, 6.07) is 47.4. The van der Waals surface area contributed by atoms with Crippen LogP contribution >= 0.6 is 0 Å². The fourth-order valence-electron chi connectivity index (χ4n) is 6.57. The Morgan fingerprint density at radius 3 is 1.02 bits per heavy atom. The lowest BCUT2D eigenvalue weighted by atomic mass is 9.97. The first-order valence-corrected chi connectivity index (χ1v) is 17.0.